The predicted molar refractivity (Wildman–Crippen MR) is 75.7 cm³/mol. The first-order chi connectivity index (χ1) is 9.02. The van der Waals surface area contributed by atoms with E-state index in [1.54, 1.807) is 0 Å². The summed E-state index contributed by atoms with van der Waals surface area (Å²) in [6, 6.07) is -0.244. The molecule has 4 heteroatoms. The van der Waals surface area contributed by atoms with E-state index in [4.69, 9.17) is 10.5 Å². The molecule has 0 aromatic rings. The molecule has 0 bridgehead atoms. The van der Waals surface area contributed by atoms with Gasteiger partial charge in [0.1, 0.15) is 0 Å². The van der Waals surface area contributed by atoms with Gasteiger partial charge in [-0.1, -0.05) is 33.1 Å². The third-order valence-corrected chi connectivity index (χ3v) is 4.64. The van der Waals surface area contributed by atoms with Crippen LogP contribution >= 0.6 is 0 Å². The second-order valence-electron chi connectivity index (χ2n) is 6.55. The van der Waals surface area contributed by atoms with Crippen molar-refractivity contribution in [3.8, 4) is 0 Å². The van der Waals surface area contributed by atoms with E-state index >= 15 is 0 Å². The molecule has 110 valence electrons. The molecule has 4 nitrogen and oxygen atoms in total. The van der Waals surface area contributed by atoms with Gasteiger partial charge in [0.25, 0.3) is 0 Å². The van der Waals surface area contributed by atoms with Crippen molar-refractivity contribution in [1.82, 2.24) is 5.32 Å². The smallest absolute Gasteiger partial charge is 0.234 e. The van der Waals surface area contributed by atoms with Crippen LogP contribution in [0, 0.1) is 5.92 Å². The van der Waals surface area contributed by atoms with Gasteiger partial charge < -0.3 is 15.8 Å². The third-order valence-electron chi connectivity index (χ3n) is 4.64. The van der Waals surface area contributed by atoms with Crippen LogP contribution in [-0.4, -0.2) is 30.2 Å². The molecule has 1 aliphatic carbocycles. The molecule has 1 heterocycles. The van der Waals surface area contributed by atoms with Crippen molar-refractivity contribution in [1.29, 1.82) is 0 Å². The summed E-state index contributed by atoms with van der Waals surface area (Å²) < 4.78 is 6.29. The fourth-order valence-electron chi connectivity index (χ4n) is 3.53. The van der Waals surface area contributed by atoms with E-state index in [1.807, 2.05) is 13.8 Å². The lowest BCUT2D eigenvalue weighted by atomic mass is 9.83. The van der Waals surface area contributed by atoms with Gasteiger partial charge in [-0.15, -0.1) is 0 Å². The summed E-state index contributed by atoms with van der Waals surface area (Å²) in [5, 5.41) is 3.28. The highest BCUT2D eigenvalue weighted by Gasteiger charge is 2.40. The standard InChI is InChI=1S/C15H28N2O2/c1-11(2)13(14(16)18)17-10-12-6-9-15(19-12)7-4-3-5-8-15/h11-13,17H,3-10H2,1-2H3,(H2,16,18). The Kier molecular flexibility index (Phi) is 4.85. The van der Waals surface area contributed by atoms with Gasteiger partial charge >= 0.3 is 0 Å². The lowest BCUT2D eigenvalue weighted by Crippen LogP contribution is -2.47. The molecule has 3 N–H and O–H groups in total. The Labute approximate surface area is 116 Å². The lowest BCUT2D eigenvalue weighted by Gasteiger charge is -2.33. The fraction of sp³-hybridized carbons (Fsp3) is 0.933. The van der Waals surface area contributed by atoms with E-state index in [1.165, 1.54) is 38.5 Å². The molecular formula is C15H28N2O2. The minimum atomic E-state index is -0.264. The summed E-state index contributed by atoms with van der Waals surface area (Å²) in [6.45, 7) is 4.77. The van der Waals surface area contributed by atoms with Crippen LogP contribution in [0.25, 0.3) is 0 Å². The Morgan fingerprint density at radius 3 is 2.58 bits per heavy atom. The number of hydrogen-bond donors (Lipinski definition) is 2. The van der Waals surface area contributed by atoms with Gasteiger partial charge in [-0.2, -0.15) is 0 Å². The quantitative estimate of drug-likeness (QED) is 0.801. The molecule has 2 rings (SSSR count). The van der Waals surface area contributed by atoms with Crippen molar-refractivity contribution in [3.63, 3.8) is 0 Å². The van der Waals surface area contributed by atoms with Crippen LogP contribution in [0.2, 0.25) is 0 Å². The molecule has 0 radical (unpaired) electrons. The number of ether oxygens (including phenoxy) is 1. The van der Waals surface area contributed by atoms with Crippen LogP contribution in [0.5, 0.6) is 0 Å². The average molecular weight is 268 g/mol. The lowest BCUT2D eigenvalue weighted by molar-refractivity contribution is -0.121. The molecule has 1 saturated heterocycles. The topological polar surface area (TPSA) is 64.3 Å². The van der Waals surface area contributed by atoms with Crippen molar-refractivity contribution in [2.75, 3.05) is 6.54 Å². The van der Waals surface area contributed by atoms with Crippen LogP contribution in [0.3, 0.4) is 0 Å². The Bertz CT molecular complexity index is 311. The van der Waals surface area contributed by atoms with Gasteiger partial charge in [0.2, 0.25) is 5.91 Å². The summed E-state index contributed by atoms with van der Waals surface area (Å²) in [4.78, 5) is 11.4. The van der Waals surface area contributed by atoms with E-state index in [2.05, 4.69) is 5.32 Å². The molecule has 0 aromatic carbocycles. The predicted octanol–water partition coefficient (Wildman–Crippen LogP) is 1.97. The molecule has 19 heavy (non-hydrogen) atoms. The van der Waals surface area contributed by atoms with Crippen LogP contribution in [0.15, 0.2) is 0 Å². The first kappa shape index (κ1) is 14.8. The number of nitrogens with two attached hydrogens (primary N) is 1. The molecule has 1 aliphatic heterocycles. The van der Waals surface area contributed by atoms with Gasteiger partial charge in [0.15, 0.2) is 0 Å². The second-order valence-corrected chi connectivity index (χ2v) is 6.55. The van der Waals surface area contributed by atoms with Crippen molar-refractivity contribution >= 4 is 5.91 Å². The van der Waals surface area contributed by atoms with Crippen molar-refractivity contribution in [3.05, 3.63) is 0 Å². The molecule has 2 atom stereocenters. The highest BCUT2D eigenvalue weighted by atomic mass is 16.5. The first-order valence-electron chi connectivity index (χ1n) is 7.73. The first-order valence-corrected chi connectivity index (χ1v) is 7.73. The van der Waals surface area contributed by atoms with E-state index in [0.29, 0.717) is 0 Å². The maximum absolute atomic E-state index is 11.4. The highest BCUT2D eigenvalue weighted by Crippen LogP contribution is 2.41. The normalized spacial score (nSPS) is 27.8. The van der Waals surface area contributed by atoms with Gasteiger partial charge in [-0.05, 0) is 31.6 Å². The highest BCUT2D eigenvalue weighted by molar-refractivity contribution is 5.80. The molecule has 1 saturated carbocycles. The van der Waals surface area contributed by atoms with Crippen molar-refractivity contribution < 1.29 is 9.53 Å². The van der Waals surface area contributed by atoms with E-state index < -0.39 is 0 Å². The number of carbonyl (C=O) groups is 1. The summed E-state index contributed by atoms with van der Waals surface area (Å²) in [6.07, 6.45) is 8.93. The third kappa shape index (κ3) is 3.69. The van der Waals surface area contributed by atoms with Gasteiger partial charge in [-0.25, -0.2) is 0 Å². The fourth-order valence-corrected chi connectivity index (χ4v) is 3.53. The number of carbonyl (C=O) groups excluding carboxylic acids is 1. The average Bonchev–Trinajstić information content (AvgIpc) is 2.72. The number of primary amides is 1. The molecule has 1 amide bonds. The van der Waals surface area contributed by atoms with Gasteiger partial charge in [0, 0.05) is 6.54 Å². The second kappa shape index (κ2) is 6.23. The van der Waals surface area contributed by atoms with E-state index in [-0.39, 0.29) is 29.6 Å². The van der Waals surface area contributed by atoms with E-state index in [9.17, 15) is 4.79 Å². The van der Waals surface area contributed by atoms with Gasteiger partial charge in [0.05, 0.1) is 17.7 Å². The zero-order valence-electron chi connectivity index (χ0n) is 12.3. The number of nitrogens with one attached hydrogen (secondary N) is 1. The zero-order valence-corrected chi connectivity index (χ0v) is 12.3. The summed E-state index contributed by atoms with van der Waals surface area (Å²) in [5.74, 6) is -0.0390. The molecule has 1 spiro atoms. The number of rotatable bonds is 5. The minimum absolute atomic E-state index is 0.157. The van der Waals surface area contributed by atoms with Crippen molar-refractivity contribution in [2.24, 2.45) is 11.7 Å². The maximum Gasteiger partial charge on any atom is 0.234 e. The van der Waals surface area contributed by atoms with Gasteiger partial charge in [-0.3, -0.25) is 4.79 Å². The van der Waals surface area contributed by atoms with Crippen LogP contribution in [0.4, 0.5) is 0 Å². The Hall–Kier alpha value is -0.610. The minimum Gasteiger partial charge on any atom is -0.370 e. The maximum atomic E-state index is 11.4. The number of hydrogen-bond acceptors (Lipinski definition) is 3. The molecule has 2 unspecified atom stereocenters. The Morgan fingerprint density at radius 2 is 2.00 bits per heavy atom. The van der Waals surface area contributed by atoms with Crippen LogP contribution in [0.1, 0.15) is 58.8 Å². The van der Waals surface area contributed by atoms with Crippen LogP contribution < -0.4 is 11.1 Å². The Morgan fingerprint density at radius 1 is 1.32 bits per heavy atom. The van der Waals surface area contributed by atoms with E-state index in [0.717, 1.165) is 13.0 Å². The molecular weight excluding hydrogens is 240 g/mol. The number of amides is 1. The monoisotopic (exact) mass is 268 g/mol. The summed E-state index contributed by atoms with van der Waals surface area (Å²) >= 11 is 0. The van der Waals surface area contributed by atoms with Crippen molar-refractivity contribution in [2.45, 2.75) is 76.5 Å². The van der Waals surface area contributed by atoms with Crippen LogP contribution in [-0.2, 0) is 9.53 Å². The molecule has 2 aliphatic rings. The summed E-state index contributed by atoms with van der Waals surface area (Å²) in [5.41, 5.74) is 5.57. The zero-order chi connectivity index (χ0) is 13.9. The summed E-state index contributed by atoms with van der Waals surface area (Å²) in [7, 11) is 0. The largest absolute Gasteiger partial charge is 0.370 e. The molecule has 0 aromatic heterocycles. The Balaban J connectivity index is 1.80. The SMILES string of the molecule is CC(C)C(NCC1CCC2(CCCCC2)O1)C(N)=O. The molecule has 2 fully saturated rings.